The molecule has 0 heterocycles. The van der Waals surface area contributed by atoms with Crippen molar-refractivity contribution in [2.45, 2.75) is 206 Å². The molecule has 0 rings (SSSR count). The number of esters is 2. The Kier molecular flexibility index (Phi) is 37.9. The minimum Gasteiger partial charge on any atom is -0.462 e. The highest BCUT2D eigenvalue weighted by atomic mass is 16.6. The standard InChI is InChI=1S/C44H78O6/c1-3-5-7-9-11-13-15-17-18-19-20-21-23-25-27-29-31-33-37-43(47)49-40-42(39-45)50-44(48)38-34-36-41(46)35-32-30-28-26-24-22-16-14-12-10-8-6-4-2/h12,14,22,24,28,30,32,35,41-42,45-46H,3-11,13,15-21,23,25-27,29,31,33-34,36-40H2,1-2H3/b14-12-,24-22-,30-28-,35-32+/t41-,42-/m0/s1. The number of carbonyl (C=O) groups excluding carboxylic acids is 2. The van der Waals surface area contributed by atoms with Crippen molar-refractivity contribution in [3.05, 3.63) is 48.6 Å². The lowest BCUT2D eigenvalue weighted by atomic mass is 10.0. The Bertz CT molecular complexity index is 861. The number of rotatable bonds is 37. The number of hydrogen-bond donors (Lipinski definition) is 2. The Balaban J connectivity index is 3.71. The van der Waals surface area contributed by atoms with Crippen LogP contribution >= 0.6 is 0 Å². The summed E-state index contributed by atoms with van der Waals surface area (Å²) in [6.07, 6.45) is 46.3. The summed E-state index contributed by atoms with van der Waals surface area (Å²) in [4.78, 5) is 24.3. The van der Waals surface area contributed by atoms with Gasteiger partial charge in [-0.1, -0.05) is 184 Å². The predicted molar refractivity (Wildman–Crippen MR) is 211 cm³/mol. The van der Waals surface area contributed by atoms with Crippen molar-refractivity contribution < 1.29 is 29.3 Å². The average molecular weight is 703 g/mol. The second kappa shape index (κ2) is 39.6. The molecule has 50 heavy (non-hydrogen) atoms. The van der Waals surface area contributed by atoms with Crippen LogP contribution in [0.1, 0.15) is 194 Å². The summed E-state index contributed by atoms with van der Waals surface area (Å²) in [6, 6.07) is 0. The highest BCUT2D eigenvalue weighted by Gasteiger charge is 2.16. The van der Waals surface area contributed by atoms with Gasteiger partial charge in [-0.05, 0) is 44.9 Å². The molecule has 0 radical (unpaired) electrons. The van der Waals surface area contributed by atoms with Crippen molar-refractivity contribution in [3.8, 4) is 0 Å². The number of ether oxygens (including phenoxy) is 2. The van der Waals surface area contributed by atoms with E-state index in [2.05, 4.69) is 38.2 Å². The Morgan fingerprint density at radius 1 is 0.560 bits per heavy atom. The molecule has 0 aromatic heterocycles. The SMILES string of the molecule is CCCCC/C=C\C/C=C\C/C=C\C=C\[C@H](O)CCCC(=O)O[C@@H](CO)COC(=O)CCCCCCCCCCCCCCCCCCCC. The maximum absolute atomic E-state index is 12.2. The van der Waals surface area contributed by atoms with Crippen LogP contribution in [0.25, 0.3) is 0 Å². The molecule has 0 aliphatic carbocycles. The van der Waals surface area contributed by atoms with Crippen molar-refractivity contribution in [1.29, 1.82) is 0 Å². The molecule has 0 aromatic rings. The van der Waals surface area contributed by atoms with Crippen LogP contribution in [0.15, 0.2) is 48.6 Å². The van der Waals surface area contributed by atoms with Gasteiger partial charge in [0.05, 0.1) is 12.7 Å². The molecule has 0 spiro atoms. The number of aliphatic hydroxyl groups is 2. The summed E-state index contributed by atoms with van der Waals surface area (Å²) in [5.41, 5.74) is 0. The van der Waals surface area contributed by atoms with Gasteiger partial charge in [0.1, 0.15) is 6.61 Å². The van der Waals surface area contributed by atoms with Gasteiger partial charge >= 0.3 is 11.9 Å². The topological polar surface area (TPSA) is 93.1 Å². The monoisotopic (exact) mass is 703 g/mol. The molecule has 2 atom stereocenters. The Morgan fingerprint density at radius 3 is 1.60 bits per heavy atom. The molecule has 6 heteroatoms. The van der Waals surface area contributed by atoms with Gasteiger partial charge in [0.2, 0.25) is 0 Å². The van der Waals surface area contributed by atoms with Crippen molar-refractivity contribution >= 4 is 11.9 Å². The summed E-state index contributed by atoms with van der Waals surface area (Å²) in [7, 11) is 0. The van der Waals surface area contributed by atoms with Crippen LogP contribution < -0.4 is 0 Å². The van der Waals surface area contributed by atoms with E-state index in [1.54, 1.807) is 6.08 Å². The number of allylic oxidation sites excluding steroid dienone is 7. The van der Waals surface area contributed by atoms with Crippen LogP contribution in [0.2, 0.25) is 0 Å². The average Bonchev–Trinajstić information content (AvgIpc) is 3.11. The van der Waals surface area contributed by atoms with Gasteiger partial charge in [-0.2, -0.15) is 0 Å². The highest BCUT2D eigenvalue weighted by Crippen LogP contribution is 2.15. The summed E-state index contributed by atoms with van der Waals surface area (Å²) in [6.45, 7) is 3.95. The van der Waals surface area contributed by atoms with Crippen molar-refractivity contribution in [3.63, 3.8) is 0 Å². The third kappa shape index (κ3) is 37.1. The fourth-order valence-corrected chi connectivity index (χ4v) is 5.78. The molecule has 0 saturated carbocycles. The van der Waals surface area contributed by atoms with E-state index in [9.17, 15) is 19.8 Å². The van der Waals surface area contributed by atoms with Crippen LogP contribution in [0.4, 0.5) is 0 Å². The molecule has 0 fully saturated rings. The van der Waals surface area contributed by atoms with Crippen molar-refractivity contribution in [1.82, 2.24) is 0 Å². The molecular weight excluding hydrogens is 624 g/mol. The maximum Gasteiger partial charge on any atom is 0.306 e. The fraction of sp³-hybridized carbons (Fsp3) is 0.773. The van der Waals surface area contributed by atoms with Gasteiger partial charge < -0.3 is 19.7 Å². The molecule has 6 nitrogen and oxygen atoms in total. The van der Waals surface area contributed by atoms with E-state index in [0.717, 1.165) is 38.5 Å². The molecule has 0 aromatic carbocycles. The van der Waals surface area contributed by atoms with E-state index in [1.165, 1.54) is 116 Å². The Hall–Kier alpha value is -2.18. The van der Waals surface area contributed by atoms with Crippen LogP contribution in [0.3, 0.4) is 0 Å². The summed E-state index contributed by atoms with van der Waals surface area (Å²) in [5, 5.41) is 19.7. The third-order valence-electron chi connectivity index (χ3n) is 8.98. The van der Waals surface area contributed by atoms with Crippen LogP contribution in [0, 0.1) is 0 Å². The number of aliphatic hydroxyl groups excluding tert-OH is 2. The zero-order chi connectivity index (χ0) is 36.6. The summed E-state index contributed by atoms with van der Waals surface area (Å²) >= 11 is 0. The van der Waals surface area contributed by atoms with E-state index in [4.69, 9.17) is 9.47 Å². The molecule has 2 N–H and O–H groups in total. The van der Waals surface area contributed by atoms with Gasteiger partial charge in [0.25, 0.3) is 0 Å². The first-order valence-corrected chi connectivity index (χ1v) is 20.8. The minimum absolute atomic E-state index is 0.127. The molecule has 0 saturated heterocycles. The minimum atomic E-state index is -0.863. The molecule has 0 aliphatic rings. The van der Waals surface area contributed by atoms with E-state index >= 15 is 0 Å². The van der Waals surface area contributed by atoms with Crippen LogP contribution in [-0.2, 0) is 19.1 Å². The van der Waals surface area contributed by atoms with Crippen molar-refractivity contribution in [2.24, 2.45) is 0 Å². The van der Waals surface area contributed by atoms with Gasteiger partial charge in [-0.25, -0.2) is 0 Å². The fourth-order valence-electron chi connectivity index (χ4n) is 5.78. The van der Waals surface area contributed by atoms with E-state index in [1.807, 2.05) is 18.2 Å². The zero-order valence-corrected chi connectivity index (χ0v) is 32.5. The normalized spacial score (nSPS) is 13.3. The quantitative estimate of drug-likeness (QED) is 0.0290. The molecular formula is C44H78O6. The van der Waals surface area contributed by atoms with Crippen LogP contribution in [0.5, 0.6) is 0 Å². The van der Waals surface area contributed by atoms with Gasteiger partial charge in [0.15, 0.2) is 6.10 Å². The molecule has 0 amide bonds. The maximum atomic E-state index is 12.2. The van der Waals surface area contributed by atoms with Gasteiger partial charge in [-0.3, -0.25) is 9.59 Å². The van der Waals surface area contributed by atoms with Crippen LogP contribution in [-0.4, -0.2) is 47.6 Å². The highest BCUT2D eigenvalue weighted by molar-refractivity contribution is 5.70. The smallest absolute Gasteiger partial charge is 0.306 e. The van der Waals surface area contributed by atoms with Crippen molar-refractivity contribution in [2.75, 3.05) is 13.2 Å². The van der Waals surface area contributed by atoms with Gasteiger partial charge in [-0.15, -0.1) is 0 Å². The lowest BCUT2D eigenvalue weighted by Gasteiger charge is -2.16. The third-order valence-corrected chi connectivity index (χ3v) is 8.98. The molecule has 290 valence electrons. The van der Waals surface area contributed by atoms with Gasteiger partial charge in [0, 0.05) is 12.8 Å². The molecule has 0 unspecified atom stereocenters. The lowest BCUT2D eigenvalue weighted by molar-refractivity contribution is -0.161. The largest absolute Gasteiger partial charge is 0.462 e. The second-order valence-corrected chi connectivity index (χ2v) is 13.9. The van der Waals surface area contributed by atoms with E-state index < -0.39 is 24.8 Å². The zero-order valence-electron chi connectivity index (χ0n) is 32.5. The van der Waals surface area contributed by atoms with E-state index in [0.29, 0.717) is 19.3 Å². The predicted octanol–water partition coefficient (Wildman–Crippen LogP) is 12.0. The summed E-state index contributed by atoms with van der Waals surface area (Å²) in [5.74, 6) is -0.788. The Morgan fingerprint density at radius 2 is 1.04 bits per heavy atom. The Labute approximate surface area is 308 Å². The van der Waals surface area contributed by atoms with E-state index in [-0.39, 0.29) is 19.0 Å². The lowest BCUT2D eigenvalue weighted by Crippen LogP contribution is -2.28. The first kappa shape index (κ1) is 47.8. The molecule has 0 aliphatic heterocycles. The summed E-state index contributed by atoms with van der Waals surface area (Å²) < 4.78 is 10.5. The first-order chi connectivity index (χ1) is 24.5. The number of carbonyl (C=O) groups is 2. The molecule has 0 bridgehead atoms. The first-order valence-electron chi connectivity index (χ1n) is 20.8. The second-order valence-electron chi connectivity index (χ2n) is 13.9. The number of hydrogen-bond acceptors (Lipinski definition) is 6. The number of unbranched alkanes of at least 4 members (excludes halogenated alkanes) is 20.